The molecule has 0 radical (unpaired) electrons. The van der Waals surface area contributed by atoms with Gasteiger partial charge in [0.25, 0.3) is 5.91 Å². The van der Waals surface area contributed by atoms with Gasteiger partial charge in [-0.15, -0.1) is 0 Å². The standard InChI is InChI=1S/C26H31F2N3O5/c27-25(28)36-22-11-4-2-9-20(22)30-23(32)17-31-14-16-35-26(18-31)12-6-5-8-19-7-1-3-10-21(19)34-15-13-29-24(26)33/h1-4,7,9-11,25H,5-6,8,12-18H2,(H,29,33)(H,30,32). The minimum atomic E-state index is -3.00. The SMILES string of the molecule is O=C(CN1CCOC2(CCCCc3ccccc3OCCNC2=O)C1)Nc1ccccc1OC(F)F. The van der Waals surface area contributed by atoms with Gasteiger partial charge in [0.1, 0.15) is 18.1 Å². The average molecular weight is 504 g/mol. The molecule has 0 aliphatic carbocycles. The molecule has 1 fully saturated rings. The van der Waals surface area contributed by atoms with Gasteiger partial charge in [0.05, 0.1) is 25.4 Å². The van der Waals surface area contributed by atoms with Gasteiger partial charge in [-0.1, -0.05) is 30.3 Å². The molecule has 2 aromatic rings. The molecule has 8 nitrogen and oxygen atoms in total. The lowest BCUT2D eigenvalue weighted by Gasteiger charge is -2.41. The molecule has 1 unspecified atom stereocenters. The summed E-state index contributed by atoms with van der Waals surface area (Å²) >= 11 is 0. The molecule has 36 heavy (non-hydrogen) atoms. The van der Waals surface area contributed by atoms with Gasteiger partial charge < -0.3 is 24.8 Å². The summed E-state index contributed by atoms with van der Waals surface area (Å²) in [7, 11) is 0. The van der Waals surface area contributed by atoms with E-state index < -0.39 is 18.1 Å². The number of amides is 2. The molecule has 2 aromatic carbocycles. The number of morpholine rings is 1. The maximum absolute atomic E-state index is 13.2. The number of anilines is 1. The van der Waals surface area contributed by atoms with Crippen LogP contribution in [0.15, 0.2) is 48.5 Å². The average Bonchev–Trinajstić information content (AvgIpc) is 2.85. The van der Waals surface area contributed by atoms with Crippen LogP contribution in [0.25, 0.3) is 0 Å². The quantitative estimate of drug-likeness (QED) is 0.652. The van der Waals surface area contributed by atoms with E-state index in [4.69, 9.17) is 9.47 Å². The van der Waals surface area contributed by atoms with Crippen molar-refractivity contribution < 1.29 is 32.6 Å². The zero-order valence-electron chi connectivity index (χ0n) is 20.0. The van der Waals surface area contributed by atoms with Crippen LogP contribution < -0.4 is 20.1 Å². The van der Waals surface area contributed by atoms with Gasteiger partial charge in [-0.3, -0.25) is 14.5 Å². The maximum atomic E-state index is 13.2. The summed E-state index contributed by atoms with van der Waals surface area (Å²) in [4.78, 5) is 27.8. The second kappa shape index (κ2) is 12.1. The normalized spacial score (nSPS) is 21.5. The fraction of sp³-hybridized carbons (Fsp3) is 0.462. The van der Waals surface area contributed by atoms with Gasteiger partial charge in [-0.25, -0.2) is 0 Å². The topological polar surface area (TPSA) is 89.1 Å². The molecule has 2 aliphatic rings. The lowest BCUT2D eigenvalue weighted by atomic mass is 9.91. The molecule has 1 atom stereocenters. The Bertz CT molecular complexity index is 1050. The number of nitrogens with zero attached hydrogens (tertiary/aromatic N) is 1. The molecule has 1 saturated heterocycles. The Morgan fingerprint density at radius 3 is 2.81 bits per heavy atom. The second-order valence-electron chi connectivity index (χ2n) is 8.90. The van der Waals surface area contributed by atoms with Gasteiger partial charge in [-0.2, -0.15) is 8.78 Å². The first-order chi connectivity index (χ1) is 17.4. The van der Waals surface area contributed by atoms with Crippen LogP contribution in [-0.4, -0.2) is 68.3 Å². The monoisotopic (exact) mass is 503 g/mol. The van der Waals surface area contributed by atoms with Crippen LogP contribution >= 0.6 is 0 Å². The number of alkyl halides is 2. The molecule has 4 rings (SSSR count). The van der Waals surface area contributed by atoms with Crippen molar-refractivity contribution in [3.63, 3.8) is 0 Å². The van der Waals surface area contributed by atoms with Crippen LogP contribution in [0, 0.1) is 0 Å². The minimum absolute atomic E-state index is 0.0160. The number of carbonyl (C=O) groups is 2. The van der Waals surface area contributed by atoms with E-state index >= 15 is 0 Å². The summed E-state index contributed by atoms with van der Waals surface area (Å²) in [5.41, 5.74) is 0.223. The number of para-hydroxylation sites is 3. The molecule has 2 N–H and O–H groups in total. The van der Waals surface area contributed by atoms with E-state index in [9.17, 15) is 18.4 Å². The van der Waals surface area contributed by atoms with Crippen molar-refractivity contribution in [2.75, 3.05) is 44.7 Å². The number of nitrogens with one attached hydrogen (secondary N) is 2. The molecule has 0 saturated carbocycles. The number of hydrogen-bond acceptors (Lipinski definition) is 6. The van der Waals surface area contributed by atoms with E-state index in [2.05, 4.69) is 21.4 Å². The van der Waals surface area contributed by atoms with Crippen molar-refractivity contribution in [1.82, 2.24) is 10.2 Å². The van der Waals surface area contributed by atoms with E-state index in [1.54, 1.807) is 12.1 Å². The molecular formula is C26H31F2N3O5. The van der Waals surface area contributed by atoms with Crippen LogP contribution in [-0.2, 0) is 20.7 Å². The molecule has 1 spiro atoms. The number of hydrogen-bond donors (Lipinski definition) is 2. The lowest BCUT2D eigenvalue weighted by molar-refractivity contribution is -0.163. The number of carbonyl (C=O) groups excluding carboxylic acids is 2. The summed E-state index contributed by atoms with van der Waals surface area (Å²) in [6.07, 6.45) is 2.98. The number of benzene rings is 2. The third-order valence-corrected chi connectivity index (χ3v) is 6.32. The van der Waals surface area contributed by atoms with Crippen LogP contribution in [0.1, 0.15) is 24.8 Å². The fourth-order valence-electron chi connectivity index (χ4n) is 4.62. The fourth-order valence-corrected chi connectivity index (χ4v) is 4.62. The van der Waals surface area contributed by atoms with Gasteiger partial charge in [-0.05, 0) is 49.4 Å². The lowest BCUT2D eigenvalue weighted by Crippen LogP contribution is -2.61. The first-order valence-electron chi connectivity index (χ1n) is 12.1. The Labute approximate surface area is 208 Å². The number of ether oxygens (including phenoxy) is 3. The summed E-state index contributed by atoms with van der Waals surface area (Å²) in [6, 6.07) is 13.9. The maximum Gasteiger partial charge on any atom is 0.387 e. The molecule has 10 heteroatoms. The Morgan fingerprint density at radius 2 is 1.94 bits per heavy atom. The molecule has 2 heterocycles. The molecule has 194 valence electrons. The van der Waals surface area contributed by atoms with Gasteiger partial charge in [0.15, 0.2) is 5.60 Å². The van der Waals surface area contributed by atoms with Crippen molar-refractivity contribution in [3.05, 3.63) is 54.1 Å². The predicted molar refractivity (Wildman–Crippen MR) is 129 cm³/mol. The Kier molecular flexibility index (Phi) is 8.71. The van der Waals surface area contributed by atoms with E-state index in [1.165, 1.54) is 12.1 Å². The smallest absolute Gasteiger partial charge is 0.387 e. The number of halogens is 2. The molecule has 0 bridgehead atoms. The summed E-state index contributed by atoms with van der Waals surface area (Å²) in [5, 5.41) is 5.56. The zero-order chi connectivity index (χ0) is 25.4. The van der Waals surface area contributed by atoms with Gasteiger partial charge in [0, 0.05) is 13.1 Å². The van der Waals surface area contributed by atoms with Crippen molar-refractivity contribution in [2.24, 2.45) is 0 Å². The van der Waals surface area contributed by atoms with E-state index in [1.807, 2.05) is 23.1 Å². The largest absolute Gasteiger partial charge is 0.491 e. The van der Waals surface area contributed by atoms with Crippen molar-refractivity contribution in [1.29, 1.82) is 0 Å². The highest BCUT2D eigenvalue weighted by Crippen LogP contribution is 2.28. The third-order valence-electron chi connectivity index (χ3n) is 6.32. The van der Waals surface area contributed by atoms with Crippen molar-refractivity contribution in [3.8, 4) is 11.5 Å². The Morgan fingerprint density at radius 1 is 1.14 bits per heavy atom. The third kappa shape index (κ3) is 6.70. The Hall–Kier alpha value is -3.24. The number of fused-ring (bicyclic) bond motifs is 1. The molecule has 0 aromatic heterocycles. The number of rotatable bonds is 5. The number of aryl methyl sites for hydroxylation is 1. The first-order valence-corrected chi connectivity index (χ1v) is 12.1. The summed E-state index contributed by atoms with van der Waals surface area (Å²) in [5.74, 6) is 0.118. The second-order valence-corrected chi connectivity index (χ2v) is 8.90. The molecular weight excluding hydrogens is 472 g/mol. The van der Waals surface area contributed by atoms with Crippen LogP contribution in [0.4, 0.5) is 14.5 Å². The molecule has 2 aliphatic heterocycles. The first kappa shape index (κ1) is 25.8. The summed E-state index contributed by atoms with van der Waals surface area (Å²) < 4.78 is 41.8. The highest BCUT2D eigenvalue weighted by atomic mass is 19.3. The van der Waals surface area contributed by atoms with E-state index in [0.717, 1.165) is 30.6 Å². The van der Waals surface area contributed by atoms with Gasteiger partial charge >= 0.3 is 6.61 Å². The van der Waals surface area contributed by atoms with Crippen LogP contribution in [0.3, 0.4) is 0 Å². The molecule has 2 amide bonds. The predicted octanol–water partition coefficient (Wildman–Crippen LogP) is 3.22. The van der Waals surface area contributed by atoms with Gasteiger partial charge in [0.2, 0.25) is 5.91 Å². The van der Waals surface area contributed by atoms with E-state index in [-0.39, 0.29) is 30.4 Å². The van der Waals surface area contributed by atoms with Crippen molar-refractivity contribution >= 4 is 17.5 Å². The highest BCUT2D eigenvalue weighted by molar-refractivity contribution is 5.94. The van der Waals surface area contributed by atoms with Crippen LogP contribution in [0.2, 0.25) is 0 Å². The minimum Gasteiger partial charge on any atom is -0.491 e. The highest BCUT2D eigenvalue weighted by Gasteiger charge is 2.43. The van der Waals surface area contributed by atoms with Crippen molar-refractivity contribution in [2.45, 2.75) is 37.9 Å². The van der Waals surface area contributed by atoms with E-state index in [0.29, 0.717) is 32.7 Å². The zero-order valence-corrected chi connectivity index (χ0v) is 20.0. The van der Waals surface area contributed by atoms with Crippen LogP contribution in [0.5, 0.6) is 11.5 Å². The summed E-state index contributed by atoms with van der Waals surface area (Å²) in [6.45, 7) is -1.33. The Balaban J connectivity index is 1.39.